The molecule has 2 saturated carbocycles. The van der Waals surface area contributed by atoms with E-state index in [4.69, 9.17) is 9.47 Å². The predicted molar refractivity (Wildman–Crippen MR) is 83.0 cm³/mol. The number of hydrogen-bond donors (Lipinski definition) is 1. The average Bonchev–Trinajstić information content (AvgIpc) is 2.97. The second kappa shape index (κ2) is 7.14. The van der Waals surface area contributed by atoms with Crippen LogP contribution < -0.4 is 0 Å². The molecule has 4 heteroatoms. The summed E-state index contributed by atoms with van der Waals surface area (Å²) in [5.74, 6) is -0.349. The number of rotatable bonds is 4. The van der Waals surface area contributed by atoms with E-state index in [1.807, 2.05) is 19.1 Å². The third-order valence-corrected chi connectivity index (χ3v) is 5.43. The van der Waals surface area contributed by atoms with Crippen molar-refractivity contribution >= 4 is 5.97 Å². The highest BCUT2D eigenvalue weighted by Gasteiger charge is 2.48. The summed E-state index contributed by atoms with van der Waals surface area (Å²) in [6.07, 6.45) is 12.4. The molecule has 2 bridgehead atoms. The summed E-state index contributed by atoms with van der Waals surface area (Å²) in [7, 11) is 0. The molecule has 0 aliphatic heterocycles. The van der Waals surface area contributed by atoms with E-state index in [9.17, 15) is 9.90 Å². The Bertz CT molecular complexity index is 411. The van der Waals surface area contributed by atoms with Crippen molar-refractivity contribution < 1.29 is 19.4 Å². The van der Waals surface area contributed by atoms with Crippen LogP contribution in [0.4, 0.5) is 0 Å². The van der Waals surface area contributed by atoms with Gasteiger partial charge in [0.25, 0.3) is 0 Å². The van der Waals surface area contributed by atoms with E-state index >= 15 is 0 Å². The Hall–Kier alpha value is -0.870. The molecule has 0 spiro atoms. The molecule has 0 saturated heterocycles. The second-order valence-electron chi connectivity index (χ2n) is 7.07. The molecule has 0 aromatic rings. The van der Waals surface area contributed by atoms with Crippen LogP contribution in [0.25, 0.3) is 0 Å². The molecule has 22 heavy (non-hydrogen) atoms. The van der Waals surface area contributed by atoms with Crippen LogP contribution in [0.3, 0.4) is 0 Å². The quantitative estimate of drug-likeness (QED) is 0.492. The molecule has 3 aliphatic rings. The predicted octanol–water partition coefficient (Wildman–Crippen LogP) is 3.19. The molecule has 3 rings (SSSR count). The first-order valence-corrected chi connectivity index (χ1v) is 8.87. The third-order valence-electron chi connectivity index (χ3n) is 5.43. The molecular formula is C18H28O4. The SMILES string of the molecule is CC(OC(=O)C1CC2C=CC1C2O)OC1CCCCCCC1. The van der Waals surface area contributed by atoms with E-state index in [-0.39, 0.29) is 29.8 Å². The smallest absolute Gasteiger partial charge is 0.311 e. The van der Waals surface area contributed by atoms with Gasteiger partial charge in [0.1, 0.15) is 0 Å². The van der Waals surface area contributed by atoms with Crippen molar-refractivity contribution in [2.75, 3.05) is 0 Å². The van der Waals surface area contributed by atoms with Crippen LogP contribution in [-0.4, -0.2) is 29.6 Å². The Kier molecular flexibility index (Phi) is 5.19. The van der Waals surface area contributed by atoms with Crippen LogP contribution in [0.2, 0.25) is 0 Å². The van der Waals surface area contributed by atoms with Gasteiger partial charge in [0, 0.05) is 11.8 Å². The summed E-state index contributed by atoms with van der Waals surface area (Å²) >= 11 is 0. The molecule has 3 aliphatic carbocycles. The lowest BCUT2D eigenvalue weighted by Crippen LogP contribution is -2.30. The first kappa shape index (κ1) is 16.0. The van der Waals surface area contributed by atoms with Crippen LogP contribution in [0.5, 0.6) is 0 Å². The lowest BCUT2D eigenvalue weighted by molar-refractivity contribution is -0.191. The monoisotopic (exact) mass is 308 g/mol. The van der Waals surface area contributed by atoms with Crippen molar-refractivity contribution in [2.24, 2.45) is 17.8 Å². The number of aliphatic hydroxyl groups is 1. The zero-order chi connectivity index (χ0) is 15.5. The molecule has 0 radical (unpaired) electrons. The number of ether oxygens (including phenoxy) is 2. The number of hydrogen-bond acceptors (Lipinski definition) is 4. The molecule has 0 aromatic heterocycles. The maximum absolute atomic E-state index is 12.3. The molecule has 4 nitrogen and oxygen atoms in total. The lowest BCUT2D eigenvalue weighted by Gasteiger charge is -2.25. The van der Waals surface area contributed by atoms with E-state index in [0.29, 0.717) is 6.42 Å². The standard InChI is InChI=1S/C18H28O4/c1-12(21-14-7-5-3-2-4-6-8-14)22-18(20)16-11-13-9-10-15(16)17(13)19/h9-10,12-17,19H,2-8,11H2,1H3. The molecule has 0 aromatic carbocycles. The van der Waals surface area contributed by atoms with Crippen LogP contribution in [0, 0.1) is 17.8 Å². The van der Waals surface area contributed by atoms with Crippen molar-refractivity contribution in [3.05, 3.63) is 12.2 Å². The normalized spacial score (nSPS) is 36.8. The molecule has 1 N–H and O–H groups in total. The van der Waals surface area contributed by atoms with Crippen molar-refractivity contribution in [3.63, 3.8) is 0 Å². The highest BCUT2D eigenvalue weighted by atomic mass is 16.7. The van der Waals surface area contributed by atoms with Gasteiger partial charge in [-0.25, -0.2) is 0 Å². The van der Waals surface area contributed by atoms with Crippen LogP contribution in [-0.2, 0) is 14.3 Å². The van der Waals surface area contributed by atoms with Gasteiger partial charge in [-0.1, -0.05) is 44.3 Å². The fraction of sp³-hybridized carbons (Fsp3) is 0.833. The van der Waals surface area contributed by atoms with Gasteiger partial charge < -0.3 is 14.6 Å². The first-order valence-electron chi connectivity index (χ1n) is 8.87. The van der Waals surface area contributed by atoms with Crippen LogP contribution in [0.15, 0.2) is 12.2 Å². The fourth-order valence-electron chi connectivity index (χ4n) is 4.18. The summed E-state index contributed by atoms with van der Waals surface area (Å²) in [4.78, 5) is 12.3. The van der Waals surface area contributed by atoms with E-state index in [2.05, 4.69) is 0 Å². The summed E-state index contributed by atoms with van der Waals surface area (Å²) < 4.78 is 11.4. The van der Waals surface area contributed by atoms with E-state index < -0.39 is 12.4 Å². The molecule has 2 fully saturated rings. The van der Waals surface area contributed by atoms with Gasteiger partial charge in [-0.2, -0.15) is 0 Å². The molecule has 5 unspecified atom stereocenters. The van der Waals surface area contributed by atoms with E-state index in [1.165, 1.54) is 32.1 Å². The maximum Gasteiger partial charge on any atom is 0.311 e. The van der Waals surface area contributed by atoms with Crippen molar-refractivity contribution in [2.45, 2.75) is 76.8 Å². The number of carbonyl (C=O) groups excluding carboxylic acids is 1. The zero-order valence-corrected chi connectivity index (χ0v) is 13.4. The fourth-order valence-corrected chi connectivity index (χ4v) is 4.18. The highest BCUT2D eigenvalue weighted by molar-refractivity contribution is 5.74. The van der Waals surface area contributed by atoms with Gasteiger partial charge in [-0.05, 0) is 26.2 Å². The first-order chi connectivity index (χ1) is 10.6. The number of carbonyl (C=O) groups is 1. The Balaban J connectivity index is 1.46. The Morgan fingerprint density at radius 3 is 2.41 bits per heavy atom. The maximum atomic E-state index is 12.3. The van der Waals surface area contributed by atoms with E-state index in [0.717, 1.165) is 12.8 Å². The number of aliphatic hydroxyl groups excluding tert-OH is 1. The second-order valence-corrected chi connectivity index (χ2v) is 7.07. The topological polar surface area (TPSA) is 55.8 Å². The molecule has 5 atom stereocenters. The van der Waals surface area contributed by atoms with Crippen molar-refractivity contribution in [1.29, 1.82) is 0 Å². The zero-order valence-electron chi connectivity index (χ0n) is 13.4. The molecule has 0 heterocycles. The van der Waals surface area contributed by atoms with Crippen LogP contribution >= 0.6 is 0 Å². The lowest BCUT2D eigenvalue weighted by atomic mass is 9.93. The van der Waals surface area contributed by atoms with Crippen LogP contribution in [0.1, 0.15) is 58.3 Å². The Morgan fingerprint density at radius 1 is 1.14 bits per heavy atom. The molecule has 124 valence electrons. The average molecular weight is 308 g/mol. The van der Waals surface area contributed by atoms with Gasteiger partial charge in [0.2, 0.25) is 0 Å². The minimum Gasteiger partial charge on any atom is -0.436 e. The summed E-state index contributed by atoms with van der Waals surface area (Å²) in [5.41, 5.74) is 0. The largest absolute Gasteiger partial charge is 0.436 e. The molecular weight excluding hydrogens is 280 g/mol. The summed E-state index contributed by atoms with van der Waals surface area (Å²) in [6, 6.07) is 0. The number of esters is 1. The summed E-state index contributed by atoms with van der Waals surface area (Å²) in [5, 5.41) is 10.00. The van der Waals surface area contributed by atoms with Crippen molar-refractivity contribution in [1.82, 2.24) is 0 Å². The third kappa shape index (κ3) is 3.54. The highest BCUT2D eigenvalue weighted by Crippen LogP contribution is 2.44. The minimum atomic E-state index is -0.489. The van der Waals surface area contributed by atoms with Gasteiger partial charge in [0.05, 0.1) is 18.1 Å². The van der Waals surface area contributed by atoms with Gasteiger partial charge >= 0.3 is 5.97 Å². The van der Waals surface area contributed by atoms with Gasteiger partial charge in [0.15, 0.2) is 6.29 Å². The van der Waals surface area contributed by atoms with Crippen molar-refractivity contribution in [3.8, 4) is 0 Å². The Morgan fingerprint density at radius 2 is 1.82 bits per heavy atom. The number of fused-ring (bicyclic) bond motifs is 2. The molecule has 0 amide bonds. The Labute approximate surface area is 132 Å². The van der Waals surface area contributed by atoms with Gasteiger partial charge in [-0.15, -0.1) is 0 Å². The van der Waals surface area contributed by atoms with E-state index in [1.54, 1.807) is 0 Å². The van der Waals surface area contributed by atoms with Gasteiger partial charge in [-0.3, -0.25) is 4.79 Å². The minimum absolute atomic E-state index is 0.0638. The summed E-state index contributed by atoms with van der Waals surface area (Å²) in [6.45, 7) is 1.82.